The molecule has 1 aromatic carbocycles. The molecule has 1 rings (SSSR count). The van der Waals surface area contributed by atoms with Gasteiger partial charge in [0, 0.05) is 0 Å². The second-order valence-corrected chi connectivity index (χ2v) is 2.95. The van der Waals surface area contributed by atoms with E-state index in [0.717, 1.165) is 11.3 Å². The molecule has 0 bridgehead atoms. The second kappa shape index (κ2) is 6.06. The van der Waals surface area contributed by atoms with Crippen LogP contribution in [0.25, 0.3) is 6.08 Å². The highest BCUT2D eigenvalue weighted by molar-refractivity contribution is 5.52. The van der Waals surface area contributed by atoms with Gasteiger partial charge in [-0.05, 0) is 30.7 Å². The van der Waals surface area contributed by atoms with Gasteiger partial charge in [0.05, 0.1) is 13.7 Å². The third kappa shape index (κ3) is 3.62. The molecule has 0 amide bonds. The Morgan fingerprint density at radius 3 is 2.47 bits per heavy atom. The topological polar surface area (TPSA) is 18.5 Å². The third-order valence-corrected chi connectivity index (χ3v) is 1.90. The molecule has 0 aliphatic heterocycles. The normalized spacial score (nSPS) is 11.3. The van der Waals surface area contributed by atoms with Gasteiger partial charge in [0.2, 0.25) is 0 Å². The van der Waals surface area contributed by atoms with Crippen molar-refractivity contribution in [1.29, 1.82) is 0 Å². The molecule has 82 valence electrons. The first kappa shape index (κ1) is 11.6. The molecular weight excluding hydrogens is 195 g/mol. The van der Waals surface area contributed by atoms with Crippen LogP contribution in [-0.2, 0) is 4.74 Å². The van der Waals surface area contributed by atoms with E-state index < -0.39 is 6.67 Å². The molecule has 0 unspecified atom stereocenters. The predicted octanol–water partition coefficient (Wildman–Crippen LogP) is 3.04. The van der Waals surface area contributed by atoms with Gasteiger partial charge in [0.1, 0.15) is 18.2 Å². The lowest BCUT2D eigenvalue weighted by molar-refractivity contribution is 0.208. The van der Waals surface area contributed by atoms with Crippen molar-refractivity contribution in [3.8, 4) is 5.75 Å². The van der Waals surface area contributed by atoms with Crippen LogP contribution in [0, 0.1) is 0 Å². The van der Waals surface area contributed by atoms with Crippen molar-refractivity contribution in [2.75, 3.05) is 20.4 Å². The largest absolute Gasteiger partial charge is 0.497 e. The first-order chi connectivity index (χ1) is 7.30. The van der Waals surface area contributed by atoms with Crippen LogP contribution in [0.4, 0.5) is 4.39 Å². The summed E-state index contributed by atoms with van der Waals surface area (Å²) in [6, 6.07) is 7.36. The Morgan fingerprint density at radius 1 is 1.33 bits per heavy atom. The van der Waals surface area contributed by atoms with Crippen molar-refractivity contribution in [2.24, 2.45) is 0 Å². The fourth-order valence-corrected chi connectivity index (χ4v) is 1.19. The fourth-order valence-electron chi connectivity index (χ4n) is 1.19. The molecule has 0 aliphatic rings. The summed E-state index contributed by atoms with van der Waals surface area (Å²) in [5.41, 5.74) is 0.900. The Hall–Kier alpha value is -1.51. The van der Waals surface area contributed by atoms with Gasteiger partial charge in [-0.2, -0.15) is 0 Å². The molecule has 0 radical (unpaired) electrons. The van der Waals surface area contributed by atoms with Crippen molar-refractivity contribution in [1.82, 2.24) is 0 Å². The molecule has 0 aromatic heterocycles. The highest BCUT2D eigenvalue weighted by Crippen LogP contribution is 2.14. The minimum atomic E-state index is -0.583. The van der Waals surface area contributed by atoms with E-state index in [4.69, 9.17) is 9.47 Å². The van der Waals surface area contributed by atoms with Gasteiger partial charge in [-0.25, -0.2) is 4.39 Å². The Morgan fingerprint density at radius 2 is 2.00 bits per heavy atom. The molecule has 0 spiro atoms. The number of allylic oxidation sites excluding steroid dienone is 1. The highest BCUT2D eigenvalue weighted by Gasteiger charge is 1.97. The first-order valence-electron chi connectivity index (χ1n) is 4.83. The fraction of sp³-hybridized carbons (Fsp3) is 0.333. The summed E-state index contributed by atoms with van der Waals surface area (Å²) in [7, 11) is 1.61. The van der Waals surface area contributed by atoms with E-state index >= 15 is 0 Å². The van der Waals surface area contributed by atoms with E-state index in [1.54, 1.807) is 13.2 Å². The van der Waals surface area contributed by atoms with Crippen molar-refractivity contribution >= 4 is 6.08 Å². The molecule has 0 aliphatic carbocycles. The lowest BCUT2D eigenvalue weighted by atomic mass is 10.2. The highest BCUT2D eigenvalue weighted by atomic mass is 19.1. The summed E-state index contributed by atoms with van der Waals surface area (Å²) in [5, 5.41) is 0. The van der Waals surface area contributed by atoms with Gasteiger partial charge in [-0.1, -0.05) is 12.1 Å². The maximum absolute atomic E-state index is 12.5. The zero-order valence-corrected chi connectivity index (χ0v) is 9.00. The predicted molar refractivity (Wildman–Crippen MR) is 58.6 cm³/mol. The molecule has 1 aromatic rings. The number of hydrogen-bond acceptors (Lipinski definition) is 2. The van der Waals surface area contributed by atoms with E-state index in [0.29, 0.717) is 12.4 Å². The minimum absolute atomic E-state index is 0.350. The maximum atomic E-state index is 12.5. The van der Waals surface area contributed by atoms with Gasteiger partial charge in [0.15, 0.2) is 0 Å². The monoisotopic (exact) mass is 210 g/mol. The van der Waals surface area contributed by atoms with Crippen molar-refractivity contribution in [3.63, 3.8) is 0 Å². The summed E-state index contributed by atoms with van der Waals surface area (Å²) < 4.78 is 22.6. The van der Waals surface area contributed by atoms with Crippen LogP contribution in [0.3, 0.4) is 0 Å². The number of rotatable bonds is 5. The summed E-state index contributed by atoms with van der Waals surface area (Å²) in [4.78, 5) is 0. The molecule has 0 N–H and O–H groups in total. The lowest BCUT2D eigenvalue weighted by Crippen LogP contribution is -1.93. The zero-order valence-electron chi connectivity index (χ0n) is 9.00. The van der Waals surface area contributed by atoms with Crippen LogP contribution in [0.5, 0.6) is 5.75 Å². The average molecular weight is 210 g/mol. The minimum Gasteiger partial charge on any atom is -0.497 e. The van der Waals surface area contributed by atoms with E-state index in [1.807, 2.05) is 31.2 Å². The summed E-state index contributed by atoms with van der Waals surface area (Å²) in [6.45, 7) is 1.73. The van der Waals surface area contributed by atoms with Crippen LogP contribution >= 0.6 is 0 Å². The Balaban J connectivity index is 2.77. The third-order valence-electron chi connectivity index (χ3n) is 1.90. The van der Waals surface area contributed by atoms with Crippen molar-refractivity contribution in [2.45, 2.75) is 6.92 Å². The van der Waals surface area contributed by atoms with Crippen LogP contribution < -0.4 is 4.74 Å². The van der Waals surface area contributed by atoms with Crippen LogP contribution in [0.2, 0.25) is 0 Å². The molecule has 0 saturated heterocycles. The zero-order chi connectivity index (χ0) is 11.1. The van der Waals surface area contributed by atoms with E-state index in [-0.39, 0.29) is 0 Å². The summed E-state index contributed by atoms with van der Waals surface area (Å²) in [5.74, 6) is 1.13. The molecule has 15 heavy (non-hydrogen) atoms. The van der Waals surface area contributed by atoms with E-state index in [2.05, 4.69) is 0 Å². The van der Waals surface area contributed by atoms with Gasteiger partial charge >= 0.3 is 0 Å². The Kier molecular flexibility index (Phi) is 4.68. The first-order valence-corrected chi connectivity index (χ1v) is 4.83. The van der Waals surface area contributed by atoms with Gasteiger partial charge in [0.25, 0.3) is 0 Å². The van der Waals surface area contributed by atoms with Crippen LogP contribution in [-0.4, -0.2) is 20.4 Å². The number of halogens is 1. The second-order valence-electron chi connectivity index (χ2n) is 2.95. The van der Waals surface area contributed by atoms with Gasteiger partial charge < -0.3 is 9.47 Å². The van der Waals surface area contributed by atoms with Crippen LogP contribution in [0.15, 0.2) is 30.0 Å². The van der Waals surface area contributed by atoms with Crippen molar-refractivity contribution < 1.29 is 13.9 Å². The van der Waals surface area contributed by atoms with Gasteiger partial charge in [-0.3, -0.25) is 0 Å². The molecule has 0 fully saturated rings. The van der Waals surface area contributed by atoms with Crippen LogP contribution in [0.1, 0.15) is 12.5 Å². The molecule has 0 heterocycles. The number of ether oxygens (including phenoxy) is 2. The average Bonchev–Trinajstić information content (AvgIpc) is 2.29. The lowest BCUT2D eigenvalue weighted by Gasteiger charge is -2.04. The quantitative estimate of drug-likeness (QED) is 0.695. The Labute approximate surface area is 89.3 Å². The standard InChI is InChI=1S/C12H15FO2/c1-3-15-12(9-13)8-10-4-6-11(14-2)7-5-10/h4-8H,3,9H2,1-2H3/b12-8-. The number of methoxy groups -OCH3 is 1. The van der Waals surface area contributed by atoms with E-state index in [9.17, 15) is 4.39 Å². The van der Waals surface area contributed by atoms with Crippen molar-refractivity contribution in [3.05, 3.63) is 35.6 Å². The molecule has 2 nitrogen and oxygen atoms in total. The number of alkyl halides is 1. The summed E-state index contributed by atoms with van der Waals surface area (Å²) >= 11 is 0. The SMILES string of the molecule is CCO/C(=C\c1ccc(OC)cc1)CF. The Bertz CT molecular complexity index is 317. The molecule has 0 atom stereocenters. The van der Waals surface area contributed by atoms with Gasteiger partial charge in [-0.15, -0.1) is 0 Å². The molecular formula is C12H15FO2. The molecule has 3 heteroatoms. The van der Waals surface area contributed by atoms with E-state index in [1.165, 1.54) is 0 Å². The number of hydrogen-bond donors (Lipinski definition) is 0. The summed E-state index contributed by atoms with van der Waals surface area (Å²) in [6.07, 6.45) is 1.68. The molecule has 0 saturated carbocycles. The maximum Gasteiger partial charge on any atom is 0.147 e. The number of benzene rings is 1. The smallest absolute Gasteiger partial charge is 0.147 e.